The lowest BCUT2D eigenvalue weighted by Crippen LogP contribution is -2.40. The number of hydrogen-bond donors (Lipinski definition) is 2. The lowest BCUT2D eigenvalue weighted by molar-refractivity contribution is -0.148. The number of carbonyl (C=O) groups excluding carboxylic acids is 4. The first-order chi connectivity index (χ1) is 16.0. The summed E-state index contributed by atoms with van der Waals surface area (Å²) in [7, 11) is 0. The number of nitrogens with zero attached hydrogens (tertiary/aromatic N) is 1. The van der Waals surface area contributed by atoms with Gasteiger partial charge >= 0.3 is 12.0 Å². The van der Waals surface area contributed by atoms with Crippen LogP contribution in [0, 0.1) is 0 Å². The molecule has 0 saturated heterocycles. The molecule has 172 valence electrons. The highest BCUT2D eigenvalue weighted by molar-refractivity contribution is 6.02. The fraction of sp³-hybridized carbons (Fsp3) is 0.273. The quantitative estimate of drug-likeness (QED) is 0.626. The summed E-state index contributed by atoms with van der Waals surface area (Å²) in [6.07, 6.45) is -0.128. The van der Waals surface area contributed by atoms with Crippen LogP contribution in [0.2, 0.25) is 0 Å². The van der Waals surface area contributed by atoms with E-state index in [1.807, 2.05) is 0 Å². The Hall–Kier alpha value is -4.28. The molecule has 2 heterocycles. The number of para-hydroxylation sites is 2. The van der Waals surface area contributed by atoms with E-state index in [-0.39, 0.29) is 25.5 Å². The summed E-state index contributed by atoms with van der Waals surface area (Å²) in [6, 6.07) is 11.0. The third kappa shape index (κ3) is 5.50. The number of anilines is 2. The molecule has 0 spiro atoms. The van der Waals surface area contributed by atoms with E-state index in [0.717, 1.165) is 0 Å². The minimum Gasteiger partial charge on any atom is -0.486 e. The molecule has 0 saturated carbocycles. The summed E-state index contributed by atoms with van der Waals surface area (Å²) < 4.78 is 21.1. The van der Waals surface area contributed by atoms with Crippen molar-refractivity contribution in [1.82, 2.24) is 5.32 Å². The topological polar surface area (TPSA) is 133 Å². The second-order valence-corrected chi connectivity index (χ2v) is 7.07. The number of rotatable bonds is 6. The third-order valence-electron chi connectivity index (χ3n) is 4.77. The Labute approximate surface area is 188 Å². The van der Waals surface area contributed by atoms with E-state index in [1.165, 1.54) is 4.90 Å². The third-order valence-corrected chi connectivity index (χ3v) is 4.77. The molecule has 2 aromatic carbocycles. The van der Waals surface area contributed by atoms with Gasteiger partial charge in [-0.15, -0.1) is 0 Å². The summed E-state index contributed by atoms with van der Waals surface area (Å²) in [5.41, 5.74) is 0.965. The Balaban J connectivity index is 1.20. The van der Waals surface area contributed by atoms with E-state index in [2.05, 4.69) is 10.6 Å². The first-order valence-electron chi connectivity index (χ1n) is 10.2. The van der Waals surface area contributed by atoms with E-state index >= 15 is 0 Å². The lowest BCUT2D eigenvalue weighted by Gasteiger charge is -2.28. The van der Waals surface area contributed by atoms with Crippen LogP contribution < -0.4 is 29.7 Å². The normalized spacial score (nSPS) is 13.9. The zero-order valence-electron chi connectivity index (χ0n) is 17.5. The van der Waals surface area contributed by atoms with Gasteiger partial charge in [-0.3, -0.25) is 19.7 Å². The van der Waals surface area contributed by atoms with Crippen molar-refractivity contribution in [3.63, 3.8) is 0 Å². The van der Waals surface area contributed by atoms with Crippen LogP contribution in [0.1, 0.15) is 6.42 Å². The maximum atomic E-state index is 12.1. The highest BCUT2D eigenvalue weighted by Crippen LogP contribution is 2.33. The van der Waals surface area contributed by atoms with Crippen molar-refractivity contribution in [3.05, 3.63) is 42.5 Å². The smallest absolute Gasteiger partial charge is 0.325 e. The molecule has 2 aromatic rings. The number of benzene rings is 2. The van der Waals surface area contributed by atoms with Crippen LogP contribution in [0.15, 0.2) is 42.5 Å². The molecule has 0 aromatic heterocycles. The molecule has 2 N–H and O–H groups in total. The number of urea groups is 1. The number of amides is 4. The minimum atomic E-state index is -0.800. The van der Waals surface area contributed by atoms with Crippen molar-refractivity contribution < 1.29 is 38.1 Å². The first kappa shape index (κ1) is 21.9. The monoisotopic (exact) mass is 455 g/mol. The van der Waals surface area contributed by atoms with Gasteiger partial charge in [-0.1, -0.05) is 12.1 Å². The maximum Gasteiger partial charge on any atom is 0.325 e. The van der Waals surface area contributed by atoms with Gasteiger partial charge in [-0.25, -0.2) is 4.79 Å². The van der Waals surface area contributed by atoms with Crippen molar-refractivity contribution >= 4 is 35.2 Å². The zero-order valence-corrected chi connectivity index (χ0v) is 17.5. The van der Waals surface area contributed by atoms with Gasteiger partial charge in [0.15, 0.2) is 24.7 Å². The Morgan fingerprint density at radius 2 is 1.76 bits per heavy atom. The van der Waals surface area contributed by atoms with Crippen molar-refractivity contribution in [2.24, 2.45) is 0 Å². The Kier molecular flexibility index (Phi) is 6.58. The zero-order chi connectivity index (χ0) is 23.2. The molecule has 0 bridgehead atoms. The number of esters is 1. The largest absolute Gasteiger partial charge is 0.486 e. The standard InChI is InChI=1S/C22H21N3O8/c26-19(24-22(29)23-14-5-6-17-18(11-14)31-10-9-30-17)12-33-21(28)7-8-25-15-3-1-2-4-16(15)32-13-20(25)27/h1-6,11H,7-10,12-13H2,(H2,23,24,26,29). The SMILES string of the molecule is O=C(COC(=O)CCN1C(=O)COc2ccccc21)NC(=O)Nc1ccc2c(c1)OCCO2. The second kappa shape index (κ2) is 9.90. The van der Waals surface area contributed by atoms with E-state index in [1.54, 1.807) is 42.5 Å². The number of imide groups is 1. The number of nitrogens with one attached hydrogen (secondary N) is 2. The van der Waals surface area contributed by atoms with Gasteiger partial charge in [0, 0.05) is 18.3 Å². The van der Waals surface area contributed by atoms with Gasteiger partial charge in [0.2, 0.25) is 0 Å². The molecular formula is C22H21N3O8. The summed E-state index contributed by atoms with van der Waals surface area (Å²) in [5.74, 6) is -0.164. The average molecular weight is 455 g/mol. The van der Waals surface area contributed by atoms with E-state index in [9.17, 15) is 19.2 Å². The molecule has 2 aliphatic rings. The van der Waals surface area contributed by atoms with Gasteiger partial charge in [0.1, 0.15) is 19.0 Å². The number of carbonyl (C=O) groups is 4. The van der Waals surface area contributed by atoms with Crippen LogP contribution in [0.4, 0.5) is 16.2 Å². The van der Waals surface area contributed by atoms with Gasteiger partial charge < -0.3 is 29.2 Å². The number of ether oxygens (including phenoxy) is 4. The highest BCUT2D eigenvalue weighted by atomic mass is 16.6. The van der Waals surface area contributed by atoms with Crippen molar-refractivity contribution in [2.45, 2.75) is 6.42 Å². The van der Waals surface area contributed by atoms with Crippen LogP contribution in [0.25, 0.3) is 0 Å². The van der Waals surface area contributed by atoms with E-state index in [4.69, 9.17) is 18.9 Å². The van der Waals surface area contributed by atoms with Gasteiger partial charge in [0.25, 0.3) is 11.8 Å². The predicted octanol–water partition coefficient (Wildman–Crippen LogP) is 1.46. The highest BCUT2D eigenvalue weighted by Gasteiger charge is 2.25. The molecule has 4 rings (SSSR count). The van der Waals surface area contributed by atoms with Crippen LogP contribution in [0.3, 0.4) is 0 Å². The Bertz CT molecular complexity index is 1090. The molecule has 33 heavy (non-hydrogen) atoms. The minimum absolute atomic E-state index is 0.0737. The molecule has 0 fully saturated rings. The van der Waals surface area contributed by atoms with E-state index in [0.29, 0.717) is 41.8 Å². The van der Waals surface area contributed by atoms with Crippen LogP contribution in [0.5, 0.6) is 17.2 Å². The maximum absolute atomic E-state index is 12.1. The van der Waals surface area contributed by atoms with Crippen molar-refractivity contribution in [3.8, 4) is 17.2 Å². The summed E-state index contributed by atoms with van der Waals surface area (Å²) in [5, 5.41) is 4.56. The molecule has 0 unspecified atom stereocenters. The first-order valence-corrected chi connectivity index (χ1v) is 10.2. The summed E-state index contributed by atoms with van der Waals surface area (Å²) in [6.45, 7) is 0.167. The molecule has 4 amide bonds. The fourth-order valence-corrected chi connectivity index (χ4v) is 3.27. The molecular weight excluding hydrogens is 434 g/mol. The molecule has 0 radical (unpaired) electrons. The van der Waals surface area contributed by atoms with Gasteiger partial charge in [0.05, 0.1) is 12.1 Å². The predicted molar refractivity (Wildman–Crippen MR) is 114 cm³/mol. The van der Waals surface area contributed by atoms with Crippen LogP contribution >= 0.6 is 0 Å². The molecule has 0 aliphatic carbocycles. The summed E-state index contributed by atoms with van der Waals surface area (Å²) in [4.78, 5) is 49.5. The fourth-order valence-electron chi connectivity index (χ4n) is 3.27. The van der Waals surface area contributed by atoms with Gasteiger partial charge in [-0.2, -0.15) is 0 Å². The van der Waals surface area contributed by atoms with E-state index < -0.39 is 24.5 Å². The lowest BCUT2D eigenvalue weighted by atomic mass is 10.2. The molecule has 0 atom stereocenters. The van der Waals surface area contributed by atoms with Crippen molar-refractivity contribution in [2.75, 3.05) is 43.2 Å². The van der Waals surface area contributed by atoms with Gasteiger partial charge in [-0.05, 0) is 24.3 Å². The average Bonchev–Trinajstić information content (AvgIpc) is 2.82. The summed E-state index contributed by atoms with van der Waals surface area (Å²) >= 11 is 0. The number of hydrogen-bond acceptors (Lipinski definition) is 8. The van der Waals surface area contributed by atoms with Crippen LogP contribution in [-0.4, -0.2) is 56.8 Å². The van der Waals surface area contributed by atoms with Crippen LogP contribution in [-0.2, 0) is 19.1 Å². The van der Waals surface area contributed by atoms with Crippen molar-refractivity contribution in [1.29, 1.82) is 0 Å². The Morgan fingerprint density at radius 1 is 0.970 bits per heavy atom. The second-order valence-electron chi connectivity index (χ2n) is 7.07. The molecule has 2 aliphatic heterocycles. The molecule has 11 nitrogen and oxygen atoms in total. The Morgan fingerprint density at radius 3 is 2.61 bits per heavy atom. The number of fused-ring (bicyclic) bond motifs is 2. The molecule has 11 heteroatoms.